The zero-order valence-corrected chi connectivity index (χ0v) is 18.3. The van der Waals surface area contributed by atoms with Gasteiger partial charge in [-0.3, -0.25) is 4.40 Å². The standard InChI is InChI=1S/C27H29N3/c1-27(2,3)26-29-22-14-20-18-9-8-17(10-18)19(20)13-21(22)25-28-23-11-15-6-4-5-7-16(15)12-24(23)30(25)26/h11-14,17-18H,4-10H2,1-3H3/t17-,18?/m1/s1. The van der Waals surface area contributed by atoms with Gasteiger partial charge in [-0.1, -0.05) is 20.8 Å². The van der Waals surface area contributed by atoms with E-state index in [2.05, 4.69) is 49.4 Å². The van der Waals surface area contributed by atoms with Gasteiger partial charge in [-0.25, -0.2) is 9.97 Å². The van der Waals surface area contributed by atoms with Crippen molar-refractivity contribution < 1.29 is 0 Å². The summed E-state index contributed by atoms with van der Waals surface area (Å²) in [5.41, 5.74) is 10.7. The lowest BCUT2D eigenvalue weighted by atomic mass is 9.90. The molecule has 3 nitrogen and oxygen atoms in total. The predicted octanol–water partition coefficient (Wildman–Crippen LogP) is 6.58. The molecule has 2 bridgehead atoms. The Kier molecular flexibility index (Phi) is 3.24. The summed E-state index contributed by atoms with van der Waals surface area (Å²) in [6.45, 7) is 6.83. The molecule has 30 heavy (non-hydrogen) atoms. The Morgan fingerprint density at radius 1 is 0.833 bits per heavy atom. The lowest BCUT2D eigenvalue weighted by molar-refractivity contribution is 0.542. The van der Waals surface area contributed by atoms with Crippen LogP contribution in [0.15, 0.2) is 24.3 Å². The minimum absolute atomic E-state index is 0.0476. The van der Waals surface area contributed by atoms with E-state index >= 15 is 0 Å². The van der Waals surface area contributed by atoms with Crippen LogP contribution in [0, 0.1) is 0 Å². The van der Waals surface area contributed by atoms with E-state index in [1.807, 2.05) is 0 Å². The molecular formula is C27H29N3. The number of aryl methyl sites for hydroxylation is 2. The van der Waals surface area contributed by atoms with E-state index in [1.54, 1.807) is 11.1 Å². The van der Waals surface area contributed by atoms with Gasteiger partial charge in [0.1, 0.15) is 11.5 Å². The third kappa shape index (κ3) is 2.21. The summed E-state index contributed by atoms with van der Waals surface area (Å²) in [7, 11) is 0. The van der Waals surface area contributed by atoms with E-state index in [4.69, 9.17) is 9.97 Å². The number of nitrogens with zero attached hydrogens (tertiary/aromatic N) is 3. The van der Waals surface area contributed by atoms with Gasteiger partial charge in [0.25, 0.3) is 0 Å². The number of imidazole rings is 1. The molecule has 0 aliphatic heterocycles. The van der Waals surface area contributed by atoms with Gasteiger partial charge in [-0.2, -0.15) is 0 Å². The fourth-order valence-electron chi connectivity index (χ4n) is 6.52. The topological polar surface area (TPSA) is 30.2 Å². The molecule has 2 aromatic carbocycles. The van der Waals surface area contributed by atoms with E-state index in [0.717, 1.165) is 34.3 Å². The Bertz CT molecular complexity index is 1370. The smallest absolute Gasteiger partial charge is 0.148 e. The second-order valence-corrected chi connectivity index (χ2v) is 11.0. The van der Waals surface area contributed by atoms with E-state index < -0.39 is 0 Å². The molecule has 4 aromatic rings. The van der Waals surface area contributed by atoms with Crippen molar-refractivity contribution in [3.05, 3.63) is 52.3 Å². The Morgan fingerprint density at radius 2 is 1.53 bits per heavy atom. The highest BCUT2D eigenvalue weighted by Crippen LogP contribution is 2.54. The lowest BCUT2D eigenvalue weighted by Crippen LogP contribution is -2.19. The van der Waals surface area contributed by atoms with Gasteiger partial charge in [0.05, 0.1) is 16.6 Å². The highest BCUT2D eigenvalue weighted by Gasteiger charge is 2.37. The molecule has 0 spiro atoms. The van der Waals surface area contributed by atoms with Crippen molar-refractivity contribution in [1.82, 2.24) is 14.4 Å². The molecule has 2 aromatic heterocycles. The Balaban J connectivity index is 1.63. The number of rotatable bonds is 0. The minimum Gasteiger partial charge on any atom is -0.279 e. The summed E-state index contributed by atoms with van der Waals surface area (Å²) in [5, 5.41) is 1.24. The number of fused-ring (bicyclic) bond motifs is 11. The van der Waals surface area contributed by atoms with Crippen molar-refractivity contribution >= 4 is 27.6 Å². The Labute approximate surface area is 177 Å². The molecule has 3 aliphatic carbocycles. The van der Waals surface area contributed by atoms with Gasteiger partial charge in [0.15, 0.2) is 0 Å². The van der Waals surface area contributed by atoms with Crippen LogP contribution in [0.1, 0.15) is 92.8 Å². The first kappa shape index (κ1) is 17.3. The average molecular weight is 396 g/mol. The summed E-state index contributed by atoms with van der Waals surface area (Å²) >= 11 is 0. The highest BCUT2D eigenvalue weighted by molar-refractivity contribution is 5.98. The van der Waals surface area contributed by atoms with E-state index in [9.17, 15) is 0 Å². The number of hydrogen-bond acceptors (Lipinski definition) is 2. The van der Waals surface area contributed by atoms with Crippen LogP contribution >= 0.6 is 0 Å². The molecule has 2 atom stereocenters. The van der Waals surface area contributed by atoms with E-state index in [1.165, 1.54) is 67.0 Å². The van der Waals surface area contributed by atoms with Gasteiger partial charge in [0, 0.05) is 10.8 Å². The maximum Gasteiger partial charge on any atom is 0.148 e. The summed E-state index contributed by atoms with van der Waals surface area (Å²) in [6.07, 6.45) is 9.06. The second kappa shape index (κ2) is 5.63. The van der Waals surface area contributed by atoms with Gasteiger partial charge in [-0.05, 0) is 103 Å². The molecule has 7 rings (SSSR count). The van der Waals surface area contributed by atoms with Crippen LogP contribution in [0.5, 0.6) is 0 Å². The zero-order chi connectivity index (χ0) is 20.2. The zero-order valence-electron chi connectivity index (χ0n) is 18.3. The minimum atomic E-state index is -0.0476. The van der Waals surface area contributed by atoms with Crippen molar-refractivity contribution in [3.8, 4) is 0 Å². The van der Waals surface area contributed by atoms with Crippen LogP contribution in [-0.4, -0.2) is 14.4 Å². The summed E-state index contributed by atoms with van der Waals surface area (Å²) in [4.78, 5) is 10.5. The Hall–Kier alpha value is -2.42. The fraction of sp³-hybridized carbons (Fsp3) is 0.481. The van der Waals surface area contributed by atoms with E-state index in [-0.39, 0.29) is 5.41 Å². The molecule has 3 heteroatoms. The molecule has 1 saturated carbocycles. The van der Waals surface area contributed by atoms with Crippen LogP contribution in [0.3, 0.4) is 0 Å². The van der Waals surface area contributed by atoms with Crippen molar-refractivity contribution in [1.29, 1.82) is 0 Å². The molecule has 0 radical (unpaired) electrons. The summed E-state index contributed by atoms with van der Waals surface area (Å²) in [5.74, 6) is 2.65. The third-order valence-corrected chi connectivity index (χ3v) is 7.98. The summed E-state index contributed by atoms with van der Waals surface area (Å²) in [6, 6.07) is 9.65. The largest absolute Gasteiger partial charge is 0.279 e. The third-order valence-electron chi connectivity index (χ3n) is 7.98. The SMILES string of the molecule is CC(C)(C)c1nc2cc3c(cc2c2nc4cc5c(cc4n12)CCCC5)[C@@H]1CCC3C1. The quantitative estimate of drug-likeness (QED) is 0.337. The van der Waals surface area contributed by atoms with Crippen molar-refractivity contribution in [2.45, 2.75) is 83.0 Å². The Morgan fingerprint density at radius 3 is 2.27 bits per heavy atom. The van der Waals surface area contributed by atoms with Crippen molar-refractivity contribution in [2.24, 2.45) is 0 Å². The molecule has 152 valence electrons. The molecule has 0 N–H and O–H groups in total. The second-order valence-electron chi connectivity index (χ2n) is 11.0. The van der Waals surface area contributed by atoms with Gasteiger partial charge < -0.3 is 0 Å². The predicted molar refractivity (Wildman–Crippen MR) is 123 cm³/mol. The van der Waals surface area contributed by atoms with Crippen LogP contribution in [-0.2, 0) is 18.3 Å². The summed E-state index contributed by atoms with van der Waals surface area (Å²) < 4.78 is 2.38. The maximum atomic E-state index is 5.29. The molecule has 0 amide bonds. The van der Waals surface area contributed by atoms with Gasteiger partial charge >= 0.3 is 0 Å². The molecule has 3 aliphatic rings. The van der Waals surface area contributed by atoms with Crippen LogP contribution < -0.4 is 0 Å². The molecular weight excluding hydrogens is 366 g/mol. The maximum absolute atomic E-state index is 5.29. The molecule has 0 saturated heterocycles. The highest BCUT2D eigenvalue weighted by atomic mass is 15.1. The first-order chi connectivity index (χ1) is 14.5. The van der Waals surface area contributed by atoms with Crippen LogP contribution in [0.4, 0.5) is 0 Å². The molecule has 2 heterocycles. The average Bonchev–Trinajstić information content (AvgIpc) is 3.43. The number of hydrogen-bond donors (Lipinski definition) is 0. The van der Waals surface area contributed by atoms with Crippen LogP contribution in [0.2, 0.25) is 0 Å². The van der Waals surface area contributed by atoms with Crippen molar-refractivity contribution in [2.75, 3.05) is 0 Å². The molecule has 1 unspecified atom stereocenters. The van der Waals surface area contributed by atoms with Crippen molar-refractivity contribution in [3.63, 3.8) is 0 Å². The van der Waals surface area contributed by atoms with Crippen LogP contribution in [0.25, 0.3) is 27.6 Å². The lowest BCUT2D eigenvalue weighted by Gasteiger charge is -2.22. The first-order valence-electron chi connectivity index (χ1n) is 11.8. The normalized spacial score (nSPS) is 22.9. The number of benzene rings is 2. The van der Waals surface area contributed by atoms with E-state index in [0.29, 0.717) is 0 Å². The number of aromatic nitrogens is 3. The fourth-order valence-corrected chi connectivity index (χ4v) is 6.52. The van der Waals surface area contributed by atoms with Gasteiger partial charge in [-0.15, -0.1) is 0 Å². The van der Waals surface area contributed by atoms with Gasteiger partial charge in [0.2, 0.25) is 0 Å². The monoisotopic (exact) mass is 395 g/mol. The molecule has 1 fully saturated rings. The first-order valence-corrected chi connectivity index (χ1v) is 11.8.